The van der Waals surface area contributed by atoms with Crippen molar-refractivity contribution in [3.05, 3.63) is 88.3 Å². The van der Waals surface area contributed by atoms with Crippen LogP contribution in [0.1, 0.15) is 50.2 Å². The molecule has 3 heterocycles. The molecule has 1 aliphatic rings. The molecule has 1 aliphatic heterocycles. The van der Waals surface area contributed by atoms with Gasteiger partial charge in [0.2, 0.25) is 5.91 Å². The number of nitrogens with two attached hydrogens (primary N) is 2. The first kappa shape index (κ1) is 27.2. The number of rotatable bonds is 9. The van der Waals surface area contributed by atoms with Gasteiger partial charge in [0.1, 0.15) is 16.7 Å². The minimum atomic E-state index is -1.12. The average Bonchev–Trinajstić information content (AvgIpc) is 3.62. The summed E-state index contributed by atoms with van der Waals surface area (Å²) in [6.45, 7) is 0.840. The van der Waals surface area contributed by atoms with E-state index in [4.69, 9.17) is 16.2 Å². The van der Waals surface area contributed by atoms with Crippen LogP contribution < -0.4 is 16.8 Å². The Balaban J connectivity index is 1.59. The lowest BCUT2D eigenvalue weighted by Crippen LogP contribution is -2.45. The molecular formula is C28H27FN6O4S. The molecule has 2 aromatic heterocycles. The molecule has 0 saturated carbocycles. The molecule has 12 heteroatoms. The minimum absolute atomic E-state index is 0.0321. The molecule has 206 valence electrons. The van der Waals surface area contributed by atoms with Crippen molar-refractivity contribution in [2.24, 2.45) is 5.73 Å². The Morgan fingerprint density at radius 3 is 2.67 bits per heavy atom. The van der Waals surface area contributed by atoms with E-state index in [9.17, 15) is 18.8 Å². The van der Waals surface area contributed by atoms with Gasteiger partial charge in [-0.25, -0.2) is 4.39 Å². The predicted octanol–water partition coefficient (Wildman–Crippen LogP) is 3.19. The minimum Gasteiger partial charge on any atom is -0.395 e. The van der Waals surface area contributed by atoms with Crippen LogP contribution in [0.5, 0.6) is 0 Å². The van der Waals surface area contributed by atoms with Gasteiger partial charge in [-0.2, -0.15) is 4.37 Å². The summed E-state index contributed by atoms with van der Waals surface area (Å²) in [4.78, 5) is 45.4. The number of carbonyl (C=O) groups is 3. The number of nitrogens with one attached hydrogen (secondary N) is 1. The van der Waals surface area contributed by atoms with E-state index in [1.807, 2.05) is 6.07 Å². The van der Waals surface area contributed by atoms with Crippen LogP contribution in [-0.4, -0.2) is 51.2 Å². The molecule has 0 radical (unpaired) electrons. The topological polar surface area (TPSA) is 154 Å². The number of pyridine rings is 1. The average molecular weight is 563 g/mol. The first-order valence-corrected chi connectivity index (χ1v) is 13.4. The third-order valence-corrected chi connectivity index (χ3v) is 7.56. The van der Waals surface area contributed by atoms with E-state index < -0.39 is 29.6 Å². The van der Waals surface area contributed by atoms with E-state index in [0.717, 1.165) is 35.3 Å². The number of amides is 3. The molecule has 3 amide bonds. The lowest BCUT2D eigenvalue weighted by atomic mass is 10.00. The summed E-state index contributed by atoms with van der Waals surface area (Å²) in [7, 11) is 0. The molecular weight excluding hydrogens is 535 g/mol. The number of aromatic nitrogens is 2. The molecule has 2 aromatic carbocycles. The highest BCUT2D eigenvalue weighted by Crippen LogP contribution is 2.31. The van der Waals surface area contributed by atoms with E-state index >= 15 is 0 Å². The second kappa shape index (κ2) is 11.8. The maximum Gasteiger partial charge on any atom is 0.270 e. The summed E-state index contributed by atoms with van der Waals surface area (Å²) >= 11 is 0.726. The van der Waals surface area contributed by atoms with Crippen molar-refractivity contribution >= 4 is 45.8 Å². The molecule has 0 aliphatic carbocycles. The highest BCUT2D eigenvalue weighted by molar-refractivity contribution is 7.09. The van der Waals surface area contributed by atoms with Crippen LogP contribution in [0.25, 0.3) is 10.9 Å². The zero-order valence-corrected chi connectivity index (χ0v) is 22.2. The van der Waals surface area contributed by atoms with Crippen LogP contribution in [0, 0.1) is 5.82 Å². The Morgan fingerprint density at radius 2 is 1.98 bits per heavy atom. The number of anilines is 1. The smallest absolute Gasteiger partial charge is 0.270 e. The number of fused-ring (bicyclic) bond motifs is 1. The molecule has 1 saturated heterocycles. The van der Waals surface area contributed by atoms with Gasteiger partial charge in [-0.1, -0.05) is 24.3 Å². The van der Waals surface area contributed by atoms with E-state index in [1.54, 1.807) is 30.5 Å². The first-order chi connectivity index (χ1) is 19.3. The third kappa shape index (κ3) is 5.77. The SMILES string of the molecule is NC(=O)c1nsc(C(=O)N(Cc2ccc(F)cc2)[C@@H](C(=O)NC[C@H]2CCCO2)c2ccc3ncccc3c2)c1N. The number of primary amides is 1. The van der Waals surface area contributed by atoms with Gasteiger partial charge in [0, 0.05) is 31.3 Å². The molecule has 10 nitrogen and oxygen atoms in total. The van der Waals surface area contributed by atoms with Crippen LogP contribution in [0.15, 0.2) is 60.8 Å². The van der Waals surface area contributed by atoms with Gasteiger partial charge in [-0.05, 0) is 65.8 Å². The highest BCUT2D eigenvalue weighted by Gasteiger charge is 2.35. The fourth-order valence-corrected chi connectivity index (χ4v) is 5.44. The Bertz CT molecular complexity index is 1550. The van der Waals surface area contributed by atoms with Crippen molar-refractivity contribution in [1.82, 2.24) is 19.6 Å². The van der Waals surface area contributed by atoms with Crippen molar-refractivity contribution in [2.75, 3.05) is 18.9 Å². The van der Waals surface area contributed by atoms with Crippen molar-refractivity contribution in [1.29, 1.82) is 0 Å². The second-order valence-electron chi connectivity index (χ2n) is 9.44. The molecule has 4 aromatic rings. The summed E-state index contributed by atoms with van der Waals surface area (Å²) in [5, 5.41) is 3.72. The fourth-order valence-electron chi connectivity index (χ4n) is 4.68. The van der Waals surface area contributed by atoms with Crippen molar-refractivity contribution in [3.8, 4) is 0 Å². The number of hydrogen-bond donors (Lipinski definition) is 3. The number of nitrogens with zero attached hydrogens (tertiary/aromatic N) is 3. The standard InChI is InChI=1S/C28H27FN6O4S/c29-19-8-5-16(6-9-19)15-35(28(38)25-22(30)23(26(31)36)34-40-25)24(27(37)33-14-20-4-2-12-39-20)18-7-10-21-17(13-18)3-1-11-32-21/h1,3,5-11,13,20,24H,2,4,12,14-15,30H2,(H2,31,36)(H,33,37)/t20-,24-/m1/s1. The van der Waals surface area contributed by atoms with Crippen LogP contribution in [-0.2, 0) is 16.1 Å². The zero-order valence-electron chi connectivity index (χ0n) is 21.4. The lowest BCUT2D eigenvalue weighted by Gasteiger charge is -2.32. The largest absolute Gasteiger partial charge is 0.395 e. The van der Waals surface area contributed by atoms with Gasteiger partial charge < -0.3 is 26.4 Å². The van der Waals surface area contributed by atoms with Gasteiger partial charge >= 0.3 is 0 Å². The zero-order chi connectivity index (χ0) is 28.2. The van der Waals surface area contributed by atoms with Crippen LogP contribution in [0.2, 0.25) is 0 Å². The molecule has 0 unspecified atom stereocenters. The van der Waals surface area contributed by atoms with E-state index in [0.29, 0.717) is 17.7 Å². The molecule has 5 N–H and O–H groups in total. The summed E-state index contributed by atoms with van der Waals surface area (Å²) < 4.78 is 23.3. The second-order valence-corrected chi connectivity index (χ2v) is 10.2. The Hall–Kier alpha value is -4.42. The Labute approximate surface area is 233 Å². The monoisotopic (exact) mass is 562 g/mol. The van der Waals surface area contributed by atoms with Gasteiger partial charge in [0.25, 0.3) is 11.8 Å². The summed E-state index contributed by atoms with van der Waals surface area (Å²) in [6.07, 6.45) is 3.27. The molecule has 5 rings (SSSR count). The van der Waals surface area contributed by atoms with Gasteiger partial charge in [-0.15, -0.1) is 0 Å². The number of hydrogen-bond acceptors (Lipinski definition) is 8. The normalized spacial score (nSPS) is 15.6. The molecule has 0 spiro atoms. The summed E-state index contributed by atoms with van der Waals surface area (Å²) in [6, 6.07) is 13.5. The number of ether oxygens (including phenoxy) is 1. The molecule has 40 heavy (non-hydrogen) atoms. The quantitative estimate of drug-likeness (QED) is 0.283. The van der Waals surface area contributed by atoms with E-state index in [-0.39, 0.29) is 35.5 Å². The van der Waals surface area contributed by atoms with Crippen molar-refractivity contribution < 1.29 is 23.5 Å². The molecule has 2 atom stereocenters. The van der Waals surface area contributed by atoms with Gasteiger partial charge in [0.15, 0.2) is 5.69 Å². The third-order valence-electron chi connectivity index (χ3n) is 6.71. The van der Waals surface area contributed by atoms with Gasteiger partial charge in [0.05, 0.1) is 17.3 Å². The number of nitrogen functional groups attached to an aromatic ring is 1. The molecule has 0 bridgehead atoms. The maximum atomic E-state index is 14.1. The Kier molecular flexibility index (Phi) is 7.99. The van der Waals surface area contributed by atoms with Crippen LogP contribution in [0.4, 0.5) is 10.1 Å². The van der Waals surface area contributed by atoms with Crippen LogP contribution >= 0.6 is 11.5 Å². The van der Waals surface area contributed by atoms with Crippen molar-refractivity contribution in [2.45, 2.75) is 31.5 Å². The summed E-state index contributed by atoms with van der Waals surface area (Å²) in [5.41, 5.74) is 12.9. The lowest BCUT2D eigenvalue weighted by molar-refractivity contribution is -0.126. The van der Waals surface area contributed by atoms with Crippen LogP contribution in [0.3, 0.4) is 0 Å². The van der Waals surface area contributed by atoms with Crippen molar-refractivity contribution in [3.63, 3.8) is 0 Å². The Morgan fingerprint density at radius 1 is 1.18 bits per heavy atom. The summed E-state index contributed by atoms with van der Waals surface area (Å²) in [5.74, 6) is -2.37. The predicted molar refractivity (Wildman–Crippen MR) is 148 cm³/mol. The molecule has 1 fully saturated rings. The number of carbonyl (C=O) groups excluding carboxylic acids is 3. The van der Waals surface area contributed by atoms with Gasteiger partial charge in [-0.3, -0.25) is 19.4 Å². The maximum absolute atomic E-state index is 14.1. The number of halogens is 1. The first-order valence-electron chi connectivity index (χ1n) is 12.7. The van der Waals surface area contributed by atoms with E-state index in [2.05, 4.69) is 14.7 Å². The highest BCUT2D eigenvalue weighted by atomic mass is 32.1. The fraction of sp³-hybridized carbons (Fsp3) is 0.250. The number of benzene rings is 2. The van der Waals surface area contributed by atoms with E-state index in [1.165, 1.54) is 29.2 Å².